The number of carboxylic acids is 1. The predicted molar refractivity (Wildman–Crippen MR) is 104 cm³/mol. The van der Waals surface area contributed by atoms with Crippen molar-refractivity contribution in [1.29, 1.82) is 0 Å². The third-order valence-corrected chi connectivity index (χ3v) is 4.88. The minimum atomic E-state index is -2.00. The summed E-state index contributed by atoms with van der Waals surface area (Å²) in [6, 6.07) is 8.10. The van der Waals surface area contributed by atoms with Gasteiger partial charge in [-0.05, 0) is 13.0 Å². The highest BCUT2D eigenvalue weighted by molar-refractivity contribution is 6.09. The monoisotopic (exact) mass is 449 g/mol. The number of hydrogen-bond acceptors (Lipinski definition) is 10. The molecule has 0 saturated carbocycles. The number of ketones is 1. The van der Waals surface area contributed by atoms with E-state index in [4.69, 9.17) is 14.6 Å². The van der Waals surface area contributed by atoms with Gasteiger partial charge in [0.15, 0.2) is 17.6 Å². The number of aliphatic carboxylic acids is 1. The number of aryl methyl sites for hydroxylation is 1. The van der Waals surface area contributed by atoms with E-state index in [1.807, 2.05) is 0 Å². The fourth-order valence-corrected chi connectivity index (χ4v) is 3.10. The Labute approximate surface area is 180 Å². The van der Waals surface area contributed by atoms with E-state index in [2.05, 4.69) is 0 Å². The van der Waals surface area contributed by atoms with Crippen LogP contribution in [0, 0.1) is 17.0 Å². The summed E-state index contributed by atoms with van der Waals surface area (Å²) in [6.45, 7) is 1.80. The minimum absolute atomic E-state index is 0.194. The molecule has 5 N–H and O–H groups in total. The fraction of sp³-hybridized carbons (Fsp3) is 0.300. The van der Waals surface area contributed by atoms with Crippen LogP contribution in [0.25, 0.3) is 0 Å². The molecule has 5 atom stereocenters. The van der Waals surface area contributed by atoms with Crippen molar-refractivity contribution in [2.75, 3.05) is 0 Å². The van der Waals surface area contributed by atoms with Gasteiger partial charge < -0.3 is 35.0 Å². The second kappa shape index (κ2) is 8.88. The summed E-state index contributed by atoms with van der Waals surface area (Å²) in [6.07, 6.45) is -9.89. The summed E-state index contributed by atoms with van der Waals surface area (Å²) in [5.74, 6) is -4.00. The van der Waals surface area contributed by atoms with Gasteiger partial charge in [0.25, 0.3) is 0 Å². The largest absolute Gasteiger partial charge is 0.500 e. The maximum atomic E-state index is 12.8. The molecule has 1 aliphatic rings. The van der Waals surface area contributed by atoms with Gasteiger partial charge in [0.2, 0.25) is 12.0 Å². The highest BCUT2D eigenvalue weighted by atomic mass is 16.7. The van der Waals surface area contributed by atoms with Crippen LogP contribution in [0.1, 0.15) is 21.5 Å². The molecule has 12 nitrogen and oxygen atoms in total. The van der Waals surface area contributed by atoms with Crippen LogP contribution >= 0.6 is 0 Å². The van der Waals surface area contributed by atoms with Crippen molar-refractivity contribution >= 4 is 17.4 Å². The van der Waals surface area contributed by atoms with Crippen LogP contribution in [0.3, 0.4) is 0 Å². The zero-order valence-electron chi connectivity index (χ0n) is 16.5. The number of nitro groups is 1. The van der Waals surface area contributed by atoms with Gasteiger partial charge >= 0.3 is 11.7 Å². The number of benzene rings is 2. The molecule has 0 bridgehead atoms. The Morgan fingerprint density at radius 3 is 2.22 bits per heavy atom. The van der Waals surface area contributed by atoms with Crippen LogP contribution in [-0.2, 0) is 9.53 Å². The van der Waals surface area contributed by atoms with Gasteiger partial charge in [-0.15, -0.1) is 0 Å². The van der Waals surface area contributed by atoms with Crippen LogP contribution in [0.5, 0.6) is 11.5 Å². The molecule has 1 aliphatic heterocycles. The van der Waals surface area contributed by atoms with Gasteiger partial charge in [-0.25, -0.2) is 4.79 Å². The van der Waals surface area contributed by atoms with Crippen LogP contribution in [0.4, 0.5) is 5.69 Å². The second-order valence-electron chi connectivity index (χ2n) is 7.15. The summed E-state index contributed by atoms with van der Waals surface area (Å²) in [5.41, 5.74) is -0.0629. The summed E-state index contributed by atoms with van der Waals surface area (Å²) in [7, 11) is 0. The number of phenolic OH excluding ortho intramolecular Hbond substituents is 1. The molecule has 1 heterocycles. The van der Waals surface area contributed by atoms with Crippen LogP contribution in [-0.4, -0.2) is 72.9 Å². The molecular weight excluding hydrogens is 430 g/mol. The number of aliphatic hydroxyl groups excluding tert-OH is 3. The quantitative estimate of drug-likeness (QED) is 0.228. The maximum absolute atomic E-state index is 12.8. The lowest BCUT2D eigenvalue weighted by Gasteiger charge is -2.38. The number of rotatable bonds is 6. The van der Waals surface area contributed by atoms with E-state index in [0.29, 0.717) is 0 Å². The molecule has 3 rings (SSSR count). The number of ether oxygens (including phenoxy) is 2. The van der Waals surface area contributed by atoms with Crippen LogP contribution in [0.2, 0.25) is 0 Å². The van der Waals surface area contributed by atoms with Gasteiger partial charge in [0.1, 0.15) is 18.3 Å². The highest BCUT2D eigenvalue weighted by Crippen LogP contribution is 2.39. The van der Waals surface area contributed by atoms with Gasteiger partial charge in [0.05, 0.1) is 4.92 Å². The van der Waals surface area contributed by atoms with E-state index in [9.17, 15) is 40.1 Å². The van der Waals surface area contributed by atoms with Crippen LogP contribution in [0.15, 0.2) is 36.4 Å². The number of carboxylic acid groups (broad SMARTS) is 1. The molecular formula is C20H19NO11. The summed E-state index contributed by atoms with van der Waals surface area (Å²) in [5, 5.41) is 60.4. The molecule has 170 valence electrons. The summed E-state index contributed by atoms with van der Waals surface area (Å²) >= 11 is 0. The third kappa shape index (κ3) is 4.38. The molecule has 1 fully saturated rings. The molecule has 0 spiro atoms. The van der Waals surface area contributed by atoms with Gasteiger partial charge in [0, 0.05) is 17.2 Å². The Kier molecular flexibility index (Phi) is 6.41. The first kappa shape index (κ1) is 23.1. The molecule has 0 aromatic heterocycles. The van der Waals surface area contributed by atoms with Crippen molar-refractivity contribution < 1.29 is 49.5 Å². The average molecular weight is 449 g/mol. The van der Waals surface area contributed by atoms with Crippen LogP contribution < -0.4 is 4.74 Å². The second-order valence-corrected chi connectivity index (χ2v) is 7.15. The molecule has 0 aliphatic carbocycles. The van der Waals surface area contributed by atoms with E-state index in [1.54, 1.807) is 19.1 Å². The zero-order valence-corrected chi connectivity index (χ0v) is 16.5. The number of hydrogen-bond donors (Lipinski definition) is 5. The molecule has 0 amide bonds. The van der Waals surface area contributed by atoms with Crippen molar-refractivity contribution in [3.05, 3.63) is 63.2 Å². The zero-order chi connectivity index (χ0) is 23.7. The van der Waals surface area contributed by atoms with Crippen molar-refractivity contribution in [3.8, 4) is 11.5 Å². The van der Waals surface area contributed by atoms with Crippen molar-refractivity contribution in [1.82, 2.24) is 0 Å². The molecule has 0 unspecified atom stereocenters. The number of carbonyl (C=O) groups is 2. The molecule has 1 saturated heterocycles. The van der Waals surface area contributed by atoms with Crippen molar-refractivity contribution in [3.63, 3.8) is 0 Å². The number of aromatic hydroxyl groups is 1. The maximum Gasteiger partial charge on any atom is 0.335 e. The first-order valence-corrected chi connectivity index (χ1v) is 9.23. The van der Waals surface area contributed by atoms with Gasteiger partial charge in [-0.1, -0.05) is 29.8 Å². The normalized spacial score (nSPS) is 25.2. The van der Waals surface area contributed by atoms with E-state index in [1.165, 1.54) is 12.1 Å². The van der Waals surface area contributed by atoms with E-state index in [0.717, 1.165) is 17.7 Å². The Bertz CT molecular complexity index is 1050. The number of phenols is 1. The third-order valence-electron chi connectivity index (χ3n) is 4.88. The van der Waals surface area contributed by atoms with Gasteiger partial charge in [-0.2, -0.15) is 0 Å². The number of carbonyl (C=O) groups excluding carboxylic acids is 1. The number of nitro benzene ring substituents is 1. The van der Waals surface area contributed by atoms with Gasteiger partial charge in [-0.3, -0.25) is 14.9 Å². The first-order chi connectivity index (χ1) is 15.0. The highest BCUT2D eigenvalue weighted by Gasteiger charge is 2.48. The topological polar surface area (TPSA) is 197 Å². The molecule has 32 heavy (non-hydrogen) atoms. The Balaban J connectivity index is 2.00. The Morgan fingerprint density at radius 2 is 1.66 bits per heavy atom. The molecule has 12 heteroatoms. The number of nitrogens with zero attached hydrogens (tertiary/aromatic N) is 1. The van der Waals surface area contributed by atoms with Crippen molar-refractivity contribution in [2.45, 2.75) is 37.6 Å². The van der Waals surface area contributed by atoms with E-state index < -0.39 is 64.6 Å². The molecule has 2 aromatic rings. The fourth-order valence-electron chi connectivity index (χ4n) is 3.10. The SMILES string of the molecule is Cc1ccc(C(=O)c2cc(O[C@@H]3O[C@H](C(=O)O)[C@@H](O)[C@H](O)[C@@H]3O)c(O)c([N+](=O)[O-])c2)cc1. The van der Waals surface area contributed by atoms with E-state index >= 15 is 0 Å². The minimum Gasteiger partial charge on any atom is -0.500 e. The Morgan fingerprint density at radius 1 is 1.03 bits per heavy atom. The van der Waals surface area contributed by atoms with E-state index in [-0.39, 0.29) is 11.1 Å². The number of aliphatic hydroxyl groups is 3. The average Bonchev–Trinajstić information content (AvgIpc) is 2.74. The summed E-state index contributed by atoms with van der Waals surface area (Å²) < 4.78 is 10.2. The summed E-state index contributed by atoms with van der Waals surface area (Å²) in [4.78, 5) is 34.4. The molecule has 2 aromatic carbocycles. The lowest BCUT2D eigenvalue weighted by atomic mass is 9.99. The first-order valence-electron chi connectivity index (χ1n) is 9.23. The smallest absolute Gasteiger partial charge is 0.335 e. The lowest BCUT2D eigenvalue weighted by Crippen LogP contribution is -2.61. The predicted octanol–water partition coefficient (Wildman–Crippen LogP) is 0.111. The lowest BCUT2D eigenvalue weighted by molar-refractivity contribution is -0.386. The molecule has 0 radical (unpaired) electrons. The Hall–Kier alpha value is -3.58. The standard InChI is InChI=1S/C20H19NO11/c1-8-2-4-9(5-3-8)13(22)10-6-11(21(29)30)14(23)12(7-10)31-20-17(26)15(24)16(25)18(32-20)19(27)28/h2-7,15-18,20,23-26H,1H3,(H,27,28)/t15-,16-,17-,18-,20+/m0/s1. The van der Waals surface area contributed by atoms with Crippen molar-refractivity contribution in [2.24, 2.45) is 0 Å².